The maximum atomic E-state index is 13.5. The molecule has 0 saturated heterocycles. The Labute approximate surface area is 126 Å². The molecule has 6 heteroatoms. The second-order valence-corrected chi connectivity index (χ2v) is 4.85. The lowest BCUT2D eigenvalue weighted by Gasteiger charge is -2.09. The molecule has 0 aliphatic carbocycles. The standard InChI is InChI=1S/C15H15ClF2N2O/c1-2-6-19-8-10-7-14(20-9-11(10)16)21-13-5-3-4-12(17)15(13)18/h3-5,7,9,19H,2,6,8H2,1H3. The van der Waals surface area contributed by atoms with Crippen LogP contribution in [-0.4, -0.2) is 11.5 Å². The van der Waals surface area contributed by atoms with Crippen LogP contribution in [0.15, 0.2) is 30.5 Å². The molecule has 0 aliphatic heterocycles. The molecule has 0 aliphatic rings. The van der Waals surface area contributed by atoms with Crippen molar-refractivity contribution in [1.82, 2.24) is 10.3 Å². The molecule has 1 heterocycles. The minimum Gasteiger partial charge on any atom is -0.436 e. The van der Waals surface area contributed by atoms with E-state index < -0.39 is 11.6 Å². The molecular weight excluding hydrogens is 298 g/mol. The summed E-state index contributed by atoms with van der Waals surface area (Å²) in [5, 5.41) is 3.69. The summed E-state index contributed by atoms with van der Waals surface area (Å²) in [7, 11) is 0. The van der Waals surface area contributed by atoms with E-state index in [1.165, 1.54) is 18.3 Å². The molecule has 1 aromatic carbocycles. The molecule has 0 unspecified atom stereocenters. The van der Waals surface area contributed by atoms with Gasteiger partial charge in [-0.2, -0.15) is 4.39 Å². The second kappa shape index (κ2) is 7.33. The van der Waals surface area contributed by atoms with E-state index in [9.17, 15) is 8.78 Å². The number of pyridine rings is 1. The van der Waals surface area contributed by atoms with Crippen molar-refractivity contribution >= 4 is 11.6 Å². The maximum Gasteiger partial charge on any atom is 0.219 e. The van der Waals surface area contributed by atoms with E-state index >= 15 is 0 Å². The number of hydrogen-bond acceptors (Lipinski definition) is 3. The van der Waals surface area contributed by atoms with Gasteiger partial charge in [0, 0.05) is 18.8 Å². The Balaban J connectivity index is 2.17. The molecule has 1 N–H and O–H groups in total. The third-order valence-corrected chi connectivity index (χ3v) is 3.12. The van der Waals surface area contributed by atoms with E-state index in [1.54, 1.807) is 6.07 Å². The van der Waals surface area contributed by atoms with Gasteiger partial charge in [0.2, 0.25) is 11.7 Å². The van der Waals surface area contributed by atoms with E-state index in [0.717, 1.165) is 24.6 Å². The minimum atomic E-state index is -1.04. The quantitative estimate of drug-likeness (QED) is 0.807. The van der Waals surface area contributed by atoms with E-state index in [0.29, 0.717) is 11.6 Å². The minimum absolute atomic E-state index is 0.164. The SMILES string of the molecule is CCCNCc1cc(Oc2cccc(F)c2F)ncc1Cl. The zero-order chi connectivity index (χ0) is 15.2. The number of aromatic nitrogens is 1. The lowest BCUT2D eigenvalue weighted by molar-refractivity contribution is 0.405. The summed E-state index contributed by atoms with van der Waals surface area (Å²) in [6.07, 6.45) is 2.43. The highest BCUT2D eigenvalue weighted by molar-refractivity contribution is 6.31. The molecule has 21 heavy (non-hydrogen) atoms. The number of hydrogen-bond donors (Lipinski definition) is 1. The van der Waals surface area contributed by atoms with Crippen molar-refractivity contribution in [2.45, 2.75) is 19.9 Å². The number of rotatable bonds is 6. The van der Waals surface area contributed by atoms with Crippen molar-refractivity contribution in [3.63, 3.8) is 0 Å². The van der Waals surface area contributed by atoms with Gasteiger partial charge in [0.25, 0.3) is 0 Å². The van der Waals surface area contributed by atoms with Crippen LogP contribution in [-0.2, 0) is 6.54 Å². The molecule has 0 saturated carbocycles. The first-order valence-corrected chi connectivity index (χ1v) is 6.96. The first-order valence-electron chi connectivity index (χ1n) is 6.58. The second-order valence-electron chi connectivity index (χ2n) is 4.44. The van der Waals surface area contributed by atoms with Crippen LogP contribution >= 0.6 is 11.6 Å². The van der Waals surface area contributed by atoms with Crippen LogP contribution in [0, 0.1) is 11.6 Å². The summed E-state index contributed by atoms with van der Waals surface area (Å²) in [5.41, 5.74) is 0.784. The molecule has 0 amide bonds. The van der Waals surface area contributed by atoms with Gasteiger partial charge in [-0.15, -0.1) is 0 Å². The number of nitrogens with zero attached hydrogens (tertiary/aromatic N) is 1. The molecule has 0 radical (unpaired) electrons. The van der Waals surface area contributed by atoms with E-state index in [2.05, 4.69) is 17.2 Å². The molecular formula is C15H15ClF2N2O. The lowest BCUT2D eigenvalue weighted by Crippen LogP contribution is -2.14. The van der Waals surface area contributed by atoms with Gasteiger partial charge in [-0.3, -0.25) is 0 Å². The van der Waals surface area contributed by atoms with Gasteiger partial charge < -0.3 is 10.1 Å². The Morgan fingerprint density at radius 3 is 2.90 bits per heavy atom. The fourth-order valence-electron chi connectivity index (χ4n) is 1.73. The molecule has 0 bridgehead atoms. The first-order chi connectivity index (χ1) is 10.1. The Kier molecular flexibility index (Phi) is 5.47. The topological polar surface area (TPSA) is 34.1 Å². The summed E-state index contributed by atoms with van der Waals surface area (Å²) >= 11 is 6.04. The van der Waals surface area contributed by atoms with Crippen molar-refractivity contribution in [3.05, 3.63) is 52.7 Å². The van der Waals surface area contributed by atoms with Crippen molar-refractivity contribution in [3.8, 4) is 11.6 Å². The Hall–Kier alpha value is -1.72. The monoisotopic (exact) mass is 312 g/mol. The van der Waals surface area contributed by atoms with Crippen molar-refractivity contribution in [2.75, 3.05) is 6.54 Å². The van der Waals surface area contributed by atoms with Gasteiger partial charge in [0.05, 0.1) is 5.02 Å². The van der Waals surface area contributed by atoms with Crippen LogP contribution in [0.1, 0.15) is 18.9 Å². The fraction of sp³-hybridized carbons (Fsp3) is 0.267. The van der Waals surface area contributed by atoms with Crippen LogP contribution in [0.4, 0.5) is 8.78 Å². The zero-order valence-electron chi connectivity index (χ0n) is 11.5. The molecule has 2 aromatic rings. The van der Waals surface area contributed by atoms with Crippen molar-refractivity contribution < 1.29 is 13.5 Å². The maximum absolute atomic E-state index is 13.5. The normalized spacial score (nSPS) is 10.7. The predicted octanol–water partition coefficient (Wildman–Crippen LogP) is 4.31. The summed E-state index contributed by atoms with van der Waals surface area (Å²) in [6, 6.07) is 5.34. The van der Waals surface area contributed by atoms with Gasteiger partial charge in [-0.25, -0.2) is 9.37 Å². The number of halogens is 3. The van der Waals surface area contributed by atoms with E-state index in [1.807, 2.05) is 0 Å². The van der Waals surface area contributed by atoms with Crippen LogP contribution in [0.5, 0.6) is 11.6 Å². The lowest BCUT2D eigenvalue weighted by atomic mass is 10.2. The van der Waals surface area contributed by atoms with E-state index in [-0.39, 0.29) is 11.6 Å². The van der Waals surface area contributed by atoms with Crippen molar-refractivity contribution in [1.29, 1.82) is 0 Å². The summed E-state index contributed by atoms with van der Waals surface area (Å²) < 4.78 is 32.0. The van der Waals surface area contributed by atoms with Crippen molar-refractivity contribution in [2.24, 2.45) is 0 Å². The molecule has 2 rings (SSSR count). The van der Waals surface area contributed by atoms with Gasteiger partial charge in [-0.05, 0) is 30.7 Å². The fourth-order valence-corrected chi connectivity index (χ4v) is 1.90. The average molecular weight is 313 g/mol. The highest BCUT2D eigenvalue weighted by atomic mass is 35.5. The summed E-state index contributed by atoms with van der Waals surface area (Å²) in [5.74, 6) is -2.05. The number of nitrogens with one attached hydrogen (secondary N) is 1. The first kappa shape index (κ1) is 15.7. The largest absolute Gasteiger partial charge is 0.436 e. The predicted molar refractivity (Wildman–Crippen MR) is 77.7 cm³/mol. The molecule has 3 nitrogen and oxygen atoms in total. The van der Waals surface area contributed by atoms with Crippen LogP contribution in [0.25, 0.3) is 0 Å². The molecule has 112 valence electrons. The molecule has 0 atom stereocenters. The zero-order valence-corrected chi connectivity index (χ0v) is 12.3. The average Bonchev–Trinajstić information content (AvgIpc) is 2.47. The number of benzene rings is 1. The van der Waals surface area contributed by atoms with Crippen LogP contribution in [0.2, 0.25) is 5.02 Å². The van der Waals surface area contributed by atoms with E-state index in [4.69, 9.17) is 16.3 Å². The highest BCUT2D eigenvalue weighted by Crippen LogP contribution is 2.26. The Morgan fingerprint density at radius 2 is 2.14 bits per heavy atom. The van der Waals surface area contributed by atoms with Gasteiger partial charge in [0.1, 0.15) is 0 Å². The van der Waals surface area contributed by atoms with Crippen LogP contribution in [0.3, 0.4) is 0 Å². The third-order valence-electron chi connectivity index (χ3n) is 2.78. The van der Waals surface area contributed by atoms with Gasteiger partial charge in [0.15, 0.2) is 11.6 Å². The number of ether oxygens (including phenoxy) is 1. The van der Waals surface area contributed by atoms with Gasteiger partial charge >= 0.3 is 0 Å². The molecule has 1 aromatic heterocycles. The Bertz CT molecular complexity index is 623. The van der Waals surface area contributed by atoms with Crippen LogP contribution < -0.4 is 10.1 Å². The molecule has 0 fully saturated rings. The summed E-state index contributed by atoms with van der Waals surface area (Å²) in [6.45, 7) is 3.47. The summed E-state index contributed by atoms with van der Waals surface area (Å²) in [4.78, 5) is 3.96. The smallest absolute Gasteiger partial charge is 0.219 e. The molecule has 0 spiro atoms. The third kappa shape index (κ3) is 4.12. The highest BCUT2D eigenvalue weighted by Gasteiger charge is 2.11. The van der Waals surface area contributed by atoms with Gasteiger partial charge in [-0.1, -0.05) is 24.6 Å². The Morgan fingerprint density at radius 1 is 1.33 bits per heavy atom.